The van der Waals surface area contributed by atoms with Crippen molar-refractivity contribution in [1.82, 2.24) is 9.55 Å². The second kappa shape index (κ2) is 4.58. The van der Waals surface area contributed by atoms with Gasteiger partial charge in [-0.25, -0.2) is 9.37 Å². The highest BCUT2D eigenvalue weighted by atomic mass is 19.1. The fraction of sp³-hybridized carbons (Fsp3) is 0.235. The number of halogens is 1. The van der Waals surface area contributed by atoms with E-state index in [4.69, 9.17) is 5.73 Å². The molecule has 3 aromatic rings. The van der Waals surface area contributed by atoms with Gasteiger partial charge in [-0.15, -0.1) is 0 Å². The number of hydrogen-bond acceptors (Lipinski definition) is 2. The molecule has 1 heterocycles. The van der Waals surface area contributed by atoms with Crippen LogP contribution < -0.4 is 5.73 Å². The molecule has 1 aromatic heterocycles. The molecule has 2 aromatic carbocycles. The largest absolute Gasteiger partial charge is 0.399 e. The maximum atomic E-state index is 14.3. The molecule has 3 nitrogen and oxygen atoms in total. The smallest absolute Gasteiger partial charge is 0.144 e. The average molecular weight is 283 g/mol. The number of fused-ring (bicyclic) bond motifs is 1. The third-order valence-corrected chi connectivity index (χ3v) is 3.47. The van der Waals surface area contributed by atoms with Crippen molar-refractivity contribution in [3.63, 3.8) is 0 Å². The number of anilines is 1. The predicted octanol–water partition coefficient (Wildman–Crippen LogP) is 4.18. The van der Waals surface area contributed by atoms with E-state index in [2.05, 4.69) is 30.3 Å². The first kappa shape index (κ1) is 13.6. The minimum atomic E-state index is -0.351. The van der Waals surface area contributed by atoms with Crippen LogP contribution in [0.2, 0.25) is 0 Å². The number of rotatable bonds is 1. The van der Waals surface area contributed by atoms with Crippen LogP contribution in [0.5, 0.6) is 0 Å². The molecule has 0 radical (unpaired) electrons. The number of benzene rings is 2. The summed E-state index contributed by atoms with van der Waals surface area (Å²) in [5.41, 5.74) is 8.16. The van der Waals surface area contributed by atoms with Crippen LogP contribution in [0.4, 0.5) is 10.1 Å². The van der Waals surface area contributed by atoms with Gasteiger partial charge in [-0.1, -0.05) is 12.1 Å². The zero-order valence-corrected chi connectivity index (χ0v) is 12.4. The summed E-state index contributed by atoms with van der Waals surface area (Å²) >= 11 is 0. The van der Waals surface area contributed by atoms with Crippen LogP contribution in [0, 0.1) is 5.82 Å². The van der Waals surface area contributed by atoms with Gasteiger partial charge in [0.15, 0.2) is 0 Å². The zero-order chi connectivity index (χ0) is 15.2. The molecule has 0 saturated heterocycles. The van der Waals surface area contributed by atoms with Crippen molar-refractivity contribution in [3.05, 3.63) is 48.3 Å². The normalized spacial score (nSPS) is 12.0. The van der Waals surface area contributed by atoms with Gasteiger partial charge in [-0.05, 0) is 51.1 Å². The molecule has 4 heteroatoms. The maximum absolute atomic E-state index is 14.3. The van der Waals surface area contributed by atoms with Crippen LogP contribution in [-0.2, 0) is 5.54 Å². The molecule has 2 N–H and O–H groups in total. The predicted molar refractivity (Wildman–Crippen MR) is 84.5 cm³/mol. The van der Waals surface area contributed by atoms with Crippen molar-refractivity contribution in [2.75, 3.05) is 5.73 Å². The summed E-state index contributed by atoms with van der Waals surface area (Å²) < 4.78 is 16.4. The Labute approximate surface area is 123 Å². The quantitative estimate of drug-likeness (QED) is 0.681. The Morgan fingerprint density at radius 1 is 1.10 bits per heavy atom. The van der Waals surface area contributed by atoms with Gasteiger partial charge in [0.2, 0.25) is 0 Å². The molecule has 0 unspecified atom stereocenters. The van der Waals surface area contributed by atoms with Crippen molar-refractivity contribution in [2.24, 2.45) is 0 Å². The minimum Gasteiger partial charge on any atom is -0.399 e. The van der Waals surface area contributed by atoms with Crippen LogP contribution in [0.3, 0.4) is 0 Å². The Morgan fingerprint density at radius 2 is 1.81 bits per heavy atom. The maximum Gasteiger partial charge on any atom is 0.144 e. The van der Waals surface area contributed by atoms with E-state index in [0.717, 1.165) is 11.0 Å². The summed E-state index contributed by atoms with van der Waals surface area (Å²) in [6.07, 6.45) is 0. The van der Waals surface area contributed by atoms with E-state index in [0.29, 0.717) is 17.1 Å². The Kier molecular flexibility index (Phi) is 2.97. The Hall–Kier alpha value is -2.36. The number of hydrogen-bond donors (Lipinski definition) is 1. The van der Waals surface area contributed by atoms with Crippen LogP contribution in [0.1, 0.15) is 20.8 Å². The molecule has 0 amide bonds. The van der Waals surface area contributed by atoms with Gasteiger partial charge < -0.3 is 10.3 Å². The van der Waals surface area contributed by atoms with E-state index in [9.17, 15) is 4.39 Å². The fourth-order valence-corrected chi connectivity index (χ4v) is 2.60. The summed E-state index contributed by atoms with van der Waals surface area (Å²) in [6.45, 7) is 6.25. The molecule has 0 aliphatic heterocycles. The SMILES string of the molecule is CC(C)(C)n1c(-c2ccc(N)cc2F)nc2ccccc21. The van der Waals surface area contributed by atoms with Gasteiger partial charge in [0.25, 0.3) is 0 Å². The molecule has 0 spiro atoms. The lowest BCUT2D eigenvalue weighted by Crippen LogP contribution is -2.22. The van der Waals surface area contributed by atoms with Crippen LogP contribution in [0.25, 0.3) is 22.4 Å². The highest BCUT2D eigenvalue weighted by Gasteiger charge is 2.23. The lowest BCUT2D eigenvalue weighted by Gasteiger charge is -2.25. The van der Waals surface area contributed by atoms with Gasteiger partial charge in [0.1, 0.15) is 11.6 Å². The molecule has 0 fully saturated rings. The number of imidazole rings is 1. The second-order valence-corrected chi connectivity index (χ2v) is 6.17. The van der Waals surface area contributed by atoms with E-state index >= 15 is 0 Å². The van der Waals surface area contributed by atoms with Crippen molar-refractivity contribution in [1.29, 1.82) is 0 Å². The van der Waals surface area contributed by atoms with Gasteiger partial charge in [0, 0.05) is 11.2 Å². The number of aromatic nitrogens is 2. The summed E-state index contributed by atoms with van der Waals surface area (Å²) in [6, 6.07) is 12.6. The first-order valence-corrected chi connectivity index (χ1v) is 6.91. The van der Waals surface area contributed by atoms with Crippen molar-refractivity contribution >= 4 is 16.7 Å². The highest BCUT2D eigenvalue weighted by Crippen LogP contribution is 2.32. The molecular formula is C17H18FN3. The molecule has 21 heavy (non-hydrogen) atoms. The van der Waals surface area contributed by atoms with E-state index in [1.54, 1.807) is 12.1 Å². The van der Waals surface area contributed by atoms with E-state index in [-0.39, 0.29) is 11.4 Å². The topological polar surface area (TPSA) is 43.8 Å². The number of nitrogens with two attached hydrogens (primary N) is 1. The van der Waals surface area contributed by atoms with Gasteiger partial charge in [-0.2, -0.15) is 0 Å². The van der Waals surface area contributed by atoms with Crippen molar-refractivity contribution < 1.29 is 4.39 Å². The molecule has 0 aliphatic rings. The Bertz CT molecular complexity index is 813. The monoisotopic (exact) mass is 283 g/mol. The van der Waals surface area contributed by atoms with Crippen LogP contribution in [-0.4, -0.2) is 9.55 Å². The third-order valence-electron chi connectivity index (χ3n) is 3.47. The Morgan fingerprint density at radius 3 is 2.48 bits per heavy atom. The molecule has 108 valence electrons. The zero-order valence-electron chi connectivity index (χ0n) is 12.4. The lowest BCUT2D eigenvalue weighted by molar-refractivity contribution is 0.412. The first-order chi connectivity index (χ1) is 9.88. The van der Waals surface area contributed by atoms with E-state index < -0.39 is 0 Å². The van der Waals surface area contributed by atoms with Gasteiger partial charge in [0.05, 0.1) is 16.6 Å². The summed E-state index contributed by atoms with van der Waals surface area (Å²) in [7, 11) is 0. The summed E-state index contributed by atoms with van der Waals surface area (Å²) in [4.78, 5) is 4.62. The first-order valence-electron chi connectivity index (χ1n) is 6.91. The second-order valence-electron chi connectivity index (χ2n) is 6.17. The number of para-hydroxylation sites is 2. The minimum absolute atomic E-state index is 0.209. The average Bonchev–Trinajstić information content (AvgIpc) is 2.77. The fourth-order valence-electron chi connectivity index (χ4n) is 2.60. The molecule has 0 bridgehead atoms. The molecule has 0 saturated carbocycles. The van der Waals surface area contributed by atoms with Gasteiger partial charge >= 0.3 is 0 Å². The van der Waals surface area contributed by atoms with Crippen LogP contribution in [0.15, 0.2) is 42.5 Å². The molecule has 3 rings (SSSR count). The standard InChI is InChI=1S/C17H18FN3/c1-17(2,3)21-15-7-5-4-6-14(15)20-16(21)12-9-8-11(19)10-13(12)18/h4-10H,19H2,1-3H3. The number of nitrogens with zero attached hydrogens (tertiary/aromatic N) is 2. The highest BCUT2D eigenvalue weighted by molar-refractivity contribution is 5.81. The van der Waals surface area contributed by atoms with Gasteiger partial charge in [-0.3, -0.25) is 0 Å². The molecule has 0 aliphatic carbocycles. The lowest BCUT2D eigenvalue weighted by atomic mass is 10.1. The van der Waals surface area contributed by atoms with Crippen molar-refractivity contribution in [2.45, 2.75) is 26.3 Å². The van der Waals surface area contributed by atoms with Crippen molar-refractivity contribution in [3.8, 4) is 11.4 Å². The van der Waals surface area contributed by atoms with E-state index in [1.807, 2.05) is 24.3 Å². The van der Waals surface area contributed by atoms with Crippen LogP contribution >= 0.6 is 0 Å². The van der Waals surface area contributed by atoms with E-state index in [1.165, 1.54) is 6.07 Å². The third kappa shape index (κ3) is 2.27. The Balaban J connectivity index is 2.37. The molecule has 0 atom stereocenters. The number of nitrogen functional groups attached to an aromatic ring is 1. The summed E-state index contributed by atoms with van der Waals surface area (Å²) in [5.74, 6) is 0.275. The molecular weight excluding hydrogens is 265 g/mol. The summed E-state index contributed by atoms with van der Waals surface area (Å²) in [5, 5.41) is 0.